The van der Waals surface area contributed by atoms with Crippen molar-refractivity contribution in [3.05, 3.63) is 46.1 Å². The number of rotatable bonds is 5. The number of phenols is 1. The zero-order chi connectivity index (χ0) is 16.4. The number of benzene rings is 1. The van der Waals surface area contributed by atoms with Crippen LogP contribution in [-0.2, 0) is 13.0 Å². The molecule has 0 atom stereocenters. The number of hydrogen-bond donors (Lipinski definition) is 2. The highest BCUT2D eigenvalue weighted by molar-refractivity contribution is 7.17. The van der Waals surface area contributed by atoms with Gasteiger partial charge in [-0.25, -0.2) is 9.97 Å². The molecule has 2 heterocycles. The Hall–Kier alpha value is -1.85. The first-order valence-electron chi connectivity index (χ1n) is 7.48. The Morgan fingerprint density at radius 1 is 1.22 bits per heavy atom. The molecule has 0 amide bonds. The molecule has 0 aliphatic heterocycles. The van der Waals surface area contributed by atoms with E-state index < -0.39 is 0 Å². The number of aromatic hydroxyl groups is 1. The maximum atomic E-state index is 9.36. The zero-order valence-corrected chi connectivity index (χ0v) is 14.6. The first-order chi connectivity index (χ1) is 11.0. The summed E-state index contributed by atoms with van der Waals surface area (Å²) in [6, 6.07) is 7.11. The number of nitrogens with zero attached hydrogens (tertiary/aromatic N) is 2. The van der Waals surface area contributed by atoms with Gasteiger partial charge in [-0.1, -0.05) is 26.0 Å². The first kappa shape index (κ1) is 16.0. The van der Waals surface area contributed by atoms with Crippen molar-refractivity contribution in [3.63, 3.8) is 0 Å². The van der Waals surface area contributed by atoms with Gasteiger partial charge in [0.1, 0.15) is 16.4 Å². The van der Waals surface area contributed by atoms with Gasteiger partial charge in [-0.3, -0.25) is 0 Å². The molecule has 0 saturated heterocycles. The third kappa shape index (κ3) is 3.74. The fourth-order valence-corrected chi connectivity index (χ4v) is 3.66. The van der Waals surface area contributed by atoms with Crippen molar-refractivity contribution in [2.45, 2.75) is 26.8 Å². The van der Waals surface area contributed by atoms with E-state index in [4.69, 9.17) is 11.6 Å². The van der Waals surface area contributed by atoms with Crippen LogP contribution in [0.15, 0.2) is 29.6 Å². The van der Waals surface area contributed by atoms with E-state index in [-0.39, 0.29) is 11.0 Å². The van der Waals surface area contributed by atoms with Gasteiger partial charge in [0.05, 0.1) is 5.39 Å². The van der Waals surface area contributed by atoms with E-state index in [1.165, 1.54) is 5.56 Å². The lowest BCUT2D eigenvalue weighted by Gasteiger charge is -2.10. The average molecular weight is 348 g/mol. The van der Waals surface area contributed by atoms with Gasteiger partial charge < -0.3 is 10.4 Å². The minimum absolute atomic E-state index is 0.253. The zero-order valence-electron chi connectivity index (χ0n) is 13.0. The van der Waals surface area contributed by atoms with Crippen molar-refractivity contribution < 1.29 is 5.11 Å². The highest BCUT2D eigenvalue weighted by Gasteiger charge is 2.14. The molecule has 0 bridgehead atoms. The number of halogens is 1. The van der Waals surface area contributed by atoms with Gasteiger partial charge in [-0.05, 0) is 52.6 Å². The molecule has 0 aliphatic carbocycles. The summed E-state index contributed by atoms with van der Waals surface area (Å²) in [4.78, 5) is 9.62. The molecule has 0 radical (unpaired) electrons. The molecular formula is C17H18ClN3OS. The fourth-order valence-electron chi connectivity index (χ4n) is 2.49. The lowest BCUT2D eigenvalue weighted by atomic mass is 10.0. The fraction of sp³-hybridized carbons (Fsp3) is 0.294. The number of phenolic OH excluding ortho intramolecular Hbond substituents is 1. The number of thiophene rings is 1. The Morgan fingerprint density at radius 3 is 2.65 bits per heavy atom. The van der Waals surface area contributed by atoms with Crippen molar-refractivity contribution in [1.29, 1.82) is 0 Å². The summed E-state index contributed by atoms with van der Waals surface area (Å²) in [6.45, 7) is 5.01. The highest BCUT2D eigenvalue weighted by Crippen LogP contribution is 2.32. The van der Waals surface area contributed by atoms with Gasteiger partial charge in [0.25, 0.3) is 0 Å². The van der Waals surface area contributed by atoms with Crippen LogP contribution >= 0.6 is 22.9 Å². The van der Waals surface area contributed by atoms with Crippen LogP contribution in [0.25, 0.3) is 10.2 Å². The van der Waals surface area contributed by atoms with Gasteiger partial charge in [0, 0.05) is 6.54 Å². The molecular weight excluding hydrogens is 330 g/mol. The third-order valence-corrected chi connectivity index (χ3v) is 4.60. The molecule has 23 heavy (non-hydrogen) atoms. The lowest BCUT2D eigenvalue weighted by molar-refractivity contribution is 0.475. The van der Waals surface area contributed by atoms with Crippen LogP contribution in [-0.4, -0.2) is 15.1 Å². The smallest absolute Gasteiger partial charge is 0.225 e. The highest BCUT2D eigenvalue weighted by atomic mass is 35.5. The average Bonchev–Trinajstić information content (AvgIpc) is 2.88. The quantitative estimate of drug-likeness (QED) is 0.647. The molecule has 0 unspecified atom stereocenters. The summed E-state index contributed by atoms with van der Waals surface area (Å²) in [5, 5.41) is 16.2. The summed E-state index contributed by atoms with van der Waals surface area (Å²) in [6.07, 6.45) is 0.985. The molecule has 3 aromatic rings. The topological polar surface area (TPSA) is 58.0 Å². The molecule has 120 valence electrons. The number of hydrogen-bond acceptors (Lipinski definition) is 5. The van der Waals surface area contributed by atoms with E-state index in [0.717, 1.165) is 28.0 Å². The molecule has 0 saturated carbocycles. The molecule has 6 heteroatoms. The van der Waals surface area contributed by atoms with E-state index in [9.17, 15) is 5.11 Å². The van der Waals surface area contributed by atoms with Crippen LogP contribution in [0.4, 0.5) is 5.82 Å². The predicted octanol–water partition coefficient (Wildman–Crippen LogP) is 4.86. The second kappa shape index (κ2) is 6.72. The summed E-state index contributed by atoms with van der Waals surface area (Å²) in [5.41, 5.74) is 2.32. The van der Waals surface area contributed by atoms with Crippen LogP contribution in [0.5, 0.6) is 5.75 Å². The second-order valence-electron chi connectivity index (χ2n) is 5.90. The summed E-state index contributed by atoms with van der Waals surface area (Å²) >= 11 is 7.65. The standard InChI is InChI=1S/C17H18ClN3OS/c1-10(2)7-12-9-23-16-14(12)15(20-17(18)21-16)19-8-11-3-5-13(22)6-4-11/h3-6,9-10,22H,7-8H2,1-2H3,(H,19,20,21). The summed E-state index contributed by atoms with van der Waals surface area (Å²) in [5.74, 6) is 1.59. The molecule has 0 aliphatic rings. The summed E-state index contributed by atoms with van der Waals surface area (Å²) in [7, 11) is 0. The van der Waals surface area contributed by atoms with Crippen molar-refractivity contribution in [2.75, 3.05) is 5.32 Å². The van der Waals surface area contributed by atoms with E-state index in [1.807, 2.05) is 12.1 Å². The van der Waals surface area contributed by atoms with E-state index in [0.29, 0.717) is 12.5 Å². The van der Waals surface area contributed by atoms with E-state index in [1.54, 1.807) is 23.5 Å². The van der Waals surface area contributed by atoms with E-state index >= 15 is 0 Å². The van der Waals surface area contributed by atoms with Crippen molar-refractivity contribution in [2.24, 2.45) is 5.92 Å². The van der Waals surface area contributed by atoms with Gasteiger partial charge in [-0.15, -0.1) is 11.3 Å². The Balaban J connectivity index is 1.91. The first-order valence-corrected chi connectivity index (χ1v) is 8.74. The number of nitrogens with one attached hydrogen (secondary N) is 1. The molecule has 2 N–H and O–H groups in total. The Morgan fingerprint density at radius 2 is 1.96 bits per heavy atom. The molecule has 1 aromatic carbocycles. The number of aromatic nitrogens is 2. The third-order valence-electron chi connectivity index (χ3n) is 3.51. The van der Waals surface area contributed by atoms with Crippen LogP contribution in [0.1, 0.15) is 25.0 Å². The van der Waals surface area contributed by atoms with Crippen LogP contribution < -0.4 is 5.32 Å². The maximum Gasteiger partial charge on any atom is 0.225 e. The largest absolute Gasteiger partial charge is 0.508 e. The molecule has 0 fully saturated rings. The number of fused-ring (bicyclic) bond motifs is 1. The molecule has 3 rings (SSSR count). The van der Waals surface area contributed by atoms with E-state index in [2.05, 4.69) is 34.5 Å². The molecule has 2 aromatic heterocycles. The van der Waals surface area contributed by atoms with Crippen molar-refractivity contribution in [3.8, 4) is 5.75 Å². The van der Waals surface area contributed by atoms with Crippen LogP contribution in [0, 0.1) is 5.92 Å². The molecule has 4 nitrogen and oxygen atoms in total. The van der Waals surface area contributed by atoms with Gasteiger partial charge in [-0.2, -0.15) is 0 Å². The minimum atomic E-state index is 0.253. The monoisotopic (exact) mass is 347 g/mol. The van der Waals surface area contributed by atoms with Crippen LogP contribution in [0.2, 0.25) is 5.28 Å². The Kier molecular flexibility index (Phi) is 4.68. The Bertz CT molecular complexity index is 815. The van der Waals surface area contributed by atoms with Crippen LogP contribution in [0.3, 0.4) is 0 Å². The Labute approximate surface area is 144 Å². The SMILES string of the molecule is CC(C)Cc1csc2nc(Cl)nc(NCc3ccc(O)cc3)c12. The van der Waals surface area contributed by atoms with Gasteiger partial charge >= 0.3 is 0 Å². The molecule has 0 spiro atoms. The summed E-state index contributed by atoms with van der Waals surface area (Å²) < 4.78 is 0. The number of anilines is 1. The van der Waals surface area contributed by atoms with Crippen molar-refractivity contribution in [1.82, 2.24) is 9.97 Å². The maximum absolute atomic E-state index is 9.36. The van der Waals surface area contributed by atoms with Crippen molar-refractivity contribution >= 4 is 39.0 Å². The lowest BCUT2D eigenvalue weighted by Crippen LogP contribution is -2.04. The van der Waals surface area contributed by atoms with Gasteiger partial charge in [0.15, 0.2) is 0 Å². The second-order valence-corrected chi connectivity index (χ2v) is 7.10. The predicted molar refractivity (Wildman–Crippen MR) is 96.4 cm³/mol. The normalized spacial score (nSPS) is 11.3. The van der Waals surface area contributed by atoms with Gasteiger partial charge in [0.2, 0.25) is 5.28 Å². The minimum Gasteiger partial charge on any atom is -0.508 e.